The van der Waals surface area contributed by atoms with Crippen molar-refractivity contribution in [1.29, 1.82) is 0 Å². The van der Waals surface area contributed by atoms with E-state index in [1.54, 1.807) is 25.4 Å². The van der Waals surface area contributed by atoms with Crippen molar-refractivity contribution in [3.8, 4) is 22.8 Å². The molecule has 1 aliphatic rings. The fourth-order valence-electron chi connectivity index (χ4n) is 3.79. The molecule has 0 radical (unpaired) electrons. The molecule has 0 saturated carbocycles. The van der Waals surface area contributed by atoms with Gasteiger partial charge >= 0.3 is 0 Å². The van der Waals surface area contributed by atoms with Crippen molar-refractivity contribution in [1.82, 2.24) is 20.4 Å². The third-order valence-corrected chi connectivity index (χ3v) is 5.79. The van der Waals surface area contributed by atoms with E-state index in [9.17, 15) is 4.79 Å². The predicted octanol–water partition coefficient (Wildman–Crippen LogP) is 3.82. The number of nitrogens with one attached hydrogen (secondary N) is 1. The molecule has 1 amide bonds. The van der Waals surface area contributed by atoms with Crippen molar-refractivity contribution >= 4 is 23.3 Å². The standard InChI is InChI=1S/C23H26ClN5O3/c1-31-15-3-12-26-22(30)17-9-13-29(14-10-17)21-19(4-2-11-25-21)23-27-20(28-32-23)16-5-7-18(24)8-6-16/h2,4-8,11,17H,3,9-10,12-15H2,1H3,(H,26,30). The average Bonchev–Trinajstić information content (AvgIpc) is 3.32. The number of rotatable bonds is 8. The number of hydrogen-bond donors (Lipinski definition) is 1. The minimum absolute atomic E-state index is 0.0147. The number of methoxy groups -OCH3 is 1. The molecule has 3 heterocycles. The normalized spacial score (nSPS) is 14.5. The fourth-order valence-corrected chi connectivity index (χ4v) is 3.92. The van der Waals surface area contributed by atoms with Crippen LogP contribution in [0.4, 0.5) is 5.82 Å². The SMILES string of the molecule is COCCCNC(=O)C1CCN(c2ncccc2-c2nc(-c3ccc(Cl)cc3)no2)CC1. The summed E-state index contributed by atoms with van der Waals surface area (Å²) in [6.07, 6.45) is 4.11. The lowest BCUT2D eigenvalue weighted by Gasteiger charge is -2.32. The number of carbonyl (C=O) groups is 1. The van der Waals surface area contributed by atoms with E-state index in [4.69, 9.17) is 20.9 Å². The van der Waals surface area contributed by atoms with E-state index < -0.39 is 0 Å². The molecule has 0 unspecified atom stereocenters. The lowest BCUT2D eigenvalue weighted by molar-refractivity contribution is -0.125. The van der Waals surface area contributed by atoms with Crippen LogP contribution >= 0.6 is 11.6 Å². The summed E-state index contributed by atoms with van der Waals surface area (Å²) in [7, 11) is 1.66. The van der Waals surface area contributed by atoms with Gasteiger partial charge in [-0.25, -0.2) is 4.98 Å². The Labute approximate surface area is 191 Å². The predicted molar refractivity (Wildman–Crippen MR) is 122 cm³/mol. The summed E-state index contributed by atoms with van der Waals surface area (Å²) in [5.74, 6) is 1.83. The molecular weight excluding hydrogens is 430 g/mol. The summed E-state index contributed by atoms with van der Waals surface area (Å²) >= 11 is 5.97. The van der Waals surface area contributed by atoms with Crippen molar-refractivity contribution in [3.63, 3.8) is 0 Å². The Kier molecular flexibility index (Phi) is 7.34. The first kappa shape index (κ1) is 22.2. The number of nitrogens with zero attached hydrogens (tertiary/aromatic N) is 4. The second kappa shape index (κ2) is 10.6. The second-order valence-electron chi connectivity index (χ2n) is 7.70. The third-order valence-electron chi connectivity index (χ3n) is 5.54. The Morgan fingerprint density at radius 3 is 2.78 bits per heavy atom. The van der Waals surface area contributed by atoms with Crippen molar-refractivity contribution in [2.75, 3.05) is 38.3 Å². The van der Waals surface area contributed by atoms with E-state index in [0.717, 1.165) is 49.3 Å². The number of piperidine rings is 1. The summed E-state index contributed by atoms with van der Waals surface area (Å²) in [4.78, 5) is 23.7. The molecule has 32 heavy (non-hydrogen) atoms. The van der Waals surface area contributed by atoms with Crippen LogP contribution in [-0.4, -0.2) is 54.4 Å². The molecule has 0 aliphatic carbocycles. The minimum atomic E-state index is 0.0147. The molecule has 1 fully saturated rings. The summed E-state index contributed by atoms with van der Waals surface area (Å²) in [5, 5.41) is 7.78. The number of hydrogen-bond acceptors (Lipinski definition) is 7. The van der Waals surface area contributed by atoms with E-state index in [0.29, 0.717) is 29.9 Å². The Bertz CT molecular complexity index is 1030. The number of anilines is 1. The van der Waals surface area contributed by atoms with Gasteiger partial charge in [0.2, 0.25) is 11.7 Å². The topological polar surface area (TPSA) is 93.4 Å². The highest BCUT2D eigenvalue weighted by atomic mass is 35.5. The first-order valence-electron chi connectivity index (χ1n) is 10.7. The Morgan fingerprint density at radius 1 is 1.25 bits per heavy atom. The molecule has 4 rings (SSSR count). The van der Waals surface area contributed by atoms with Crippen molar-refractivity contribution in [3.05, 3.63) is 47.6 Å². The molecule has 3 aromatic rings. The Morgan fingerprint density at radius 2 is 2.03 bits per heavy atom. The maximum Gasteiger partial charge on any atom is 0.261 e. The zero-order valence-corrected chi connectivity index (χ0v) is 18.7. The number of benzene rings is 1. The molecule has 0 bridgehead atoms. The van der Waals surface area contributed by atoms with Gasteiger partial charge in [-0.2, -0.15) is 4.98 Å². The van der Waals surface area contributed by atoms with E-state index in [1.165, 1.54) is 0 Å². The molecule has 9 heteroatoms. The maximum absolute atomic E-state index is 12.4. The lowest BCUT2D eigenvalue weighted by atomic mass is 9.95. The molecule has 0 atom stereocenters. The molecule has 8 nitrogen and oxygen atoms in total. The highest BCUT2D eigenvalue weighted by molar-refractivity contribution is 6.30. The largest absolute Gasteiger partial charge is 0.385 e. The molecule has 0 spiro atoms. The number of halogens is 1. The van der Waals surface area contributed by atoms with Crippen LogP contribution in [0.25, 0.3) is 22.8 Å². The number of amides is 1. The van der Waals surface area contributed by atoms with E-state index >= 15 is 0 Å². The molecule has 1 saturated heterocycles. The van der Waals surface area contributed by atoms with Gasteiger partial charge in [-0.05, 0) is 55.7 Å². The van der Waals surface area contributed by atoms with Gasteiger partial charge in [0.1, 0.15) is 5.82 Å². The number of carbonyl (C=O) groups excluding carboxylic acids is 1. The summed E-state index contributed by atoms with van der Waals surface area (Å²) in [5.41, 5.74) is 1.61. The van der Waals surface area contributed by atoms with Crippen LogP contribution < -0.4 is 10.2 Å². The third kappa shape index (κ3) is 5.26. The molecule has 2 aromatic heterocycles. The van der Waals surface area contributed by atoms with Crippen LogP contribution in [0.2, 0.25) is 5.02 Å². The monoisotopic (exact) mass is 455 g/mol. The Hall–Kier alpha value is -2.97. The van der Waals surface area contributed by atoms with Crippen LogP contribution in [0.15, 0.2) is 47.1 Å². The van der Waals surface area contributed by atoms with Crippen LogP contribution in [0, 0.1) is 5.92 Å². The molecule has 1 aromatic carbocycles. The second-order valence-corrected chi connectivity index (χ2v) is 8.14. The van der Waals surface area contributed by atoms with Crippen molar-refractivity contribution in [2.45, 2.75) is 19.3 Å². The number of pyridine rings is 1. The van der Waals surface area contributed by atoms with Crippen LogP contribution in [-0.2, 0) is 9.53 Å². The zero-order chi connectivity index (χ0) is 22.3. The average molecular weight is 456 g/mol. The summed E-state index contributed by atoms with van der Waals surface area (Å²) < 4.78 is 10.6. The van der Waals surface area contributed by atoms with Crippen LogP contribution in [0.5, 0.6) is 0 Å². The summed E-state index contributed by atoms with van der Waals surface area (Å²) in [6.45, 7) is 2.76. The van der Waals surface area contributed by atoms with Gasteiger partial charge in [-0.3, -0.25) is 4.79 Å². The highest BCUT2D eigenvalue weighted by Crippen LogP contribution is 2.32. The minimum Gasteiger partial charge on any atom is -0.385 e. The van der Waals surface area contributed by atoms with E-state index in [2.05, 4.69) is 25.3 Å². The molecule has 168 valence electrons. The zero-order valence-electron chi connectivity index (χ0n) is 18.0. The fraction of sp³-hybridized carbons (Fsp3) is 0.391. The molecule has 1 aliphatic heterocycles. The lowest BCUT2D eigenvalue weighted by Crippen LogP contribution is -2.41. The quantitative estimate of drug-likeness (QED) is 0.516. The van der Waals surface area contributed by atoms with Crippen molar-refractivity contribution in [2.24, 2.45) is 5.92 Å². The van der Waals surface area contributed by atoms with Crippen molar-refractivity contribution < 1.29 is 14.1 Å². The maximum atomic E-state index is 12.4. The van der Waals surface area contributed by atoms with Gasteiger partial charge in [-0.15, -0.1) is 0 Å². The molecule has 1 N–H and O–H groups in total. The smallest absolute Gasteiger partial charge is 0.261 e. The van der Waals surface area contributed by atoms with E-state index in [-0.39, 0.29) is 11.8 Å². The van der Waals surface area contributed by atoms with Crippen LogP contribution in [0.3, 0.4) is 0 Å². The van der Waals surface area contributed by atoms with Gasteiger partial charge in [0.05, 0.1) is 5.56 Å². The Balaban J connectivity index is 1.43. The van der Waals surface area contributed by atoms with Gasteiger partial charge in [0, 0.05) is 56.1 Å². The van der Waals surface area contributed by atoms with Gasteiger partial charge in [0.15, 0.2) is 0 Å². The van der Waals surface area contributed by atoms with E-state index in [1.807, 2.05) is 24.3 Å². The van der Waals surface area contributed by atoms with Gasteiger partial charge in [0.25, 0.3) is 5.89 Å². The van der Waals surface area contributed by atoms with Gasteiger partial charge < -0.3 is 19.5 Å². The van der Waals surface area contributed by atoms with Gasteiger partial charge in [-0.1, -0.05) is 16.8 Å². The highest BCUT2D eigenvalue weighted by Gasteiger charge is 2.27. The number of ether oxygens (including phenoxy) is 1. The van der Waals surface area contributed by atoms with Crippen LogP contribution in [0.1, 0.15) is 19.3 Å². The summed E-state index contributed by atoms with van der Waals surface area (Å²) in [6, 6.07) is 11.1. The first-order chi connectivity index (χ1) is 15.7. The molecular formula is C23H26ClN5O3. The number of aromatic nitrogens is 3. The first-order valence-corrected chi connectivity index (χ1v) is 11.1.